The molecule has 0 radical (unpaired) electrons. The molecule has 28 heavy (non-hydrogen) atoms. The van der Waals surface area contributed by atoms with Crippen molar-refractivity contribution in [2.45, 2.75) is 0 Å². The maximum atomic E-state index is 13.6. The van der Waals surface area contributed by atoms with E-state index in [1.165, 1.54) is 12.1 Å². The Kier molecular flexibility index (Phi) is 3.76. The Morgan fingerprint density at radius 1 is 0.893 bits per heavy atom. The quantitative estimate of drug-likeness (QED) is 0.456. The molecule has 0 aliphatic carbocycles. The molecule has 0 amide bonds. The Labute approximate surface area is 160 Å². The number of para-hydroxylation sites is 1. The Hall–Kier alpha value is -3.80. The van der Waals surface area contributed by atoms with E-state index < -0.39 is 0 Å². The topological polar surface area (TPSA) is 46.3 Å². The number of fused-ring (bicyclic) bond motifs is 3. The Morgan fingerprint density at radius 3 is 2.54 bits per heavy atom. The highest BCUT2D eigenvalue weighted by Gasteiger charge is 2.14. The number of aromatic nitrogens is 4. The van der Waals surface area contributed by atoms with Gasteiger partial charge in [0, 0.05) is 18.1 Å². The van der Waals surface area contributed by atoms with Gasteiger partial charge in [0.1, 0.15) is 18.0 Å². The zero-order valence-corrected chi connectivity index (χ0v) is 15.1. The molecule has 6 heteroatoms. The van der Waals surface area contributed by atoms with Gasteiger partial charge in [-0.1, -0.05) is 36.4 Å². The average molecular weight is 369 g/mol. The van der Waals surface area contributed by atoms with E-state index in [1.807, 2.05) is 70.9 Å². The predicted molar refractivity (Wildman–Crippen MR) is 108 cm³/mol. The van der Waals surface area contributed by atoms with Crippen molar-refractivity contribution in [3.05, 3.63) is 84.9 Å². The van der Waals surface area contributed by atoms with E-state index in [4.69, 9.17) is 4.98 Å². The van der Waals surface area contributed by atoms with Crippen LogP contribution in [0.4, 0.5) is 15.9 Å². The first-order valence-corrected chi connectivity index (χ1v) is 8.89. The average Bonchev–Trinajstić information content (AvgIpc) is 3.22. The summed E-state index contributed by atoms with van der Waals surface area (Å²) in [5.74, 6) is 1.08. The van der Waals surface area contributed by atoms with Crippen LogP contribution in [0.3, 0.4) is 0 Å². The molecule has 136 valence electrons. The molecule has 0 saturated carbocycles. The van der Waals surface area contributed by atoms with Crippen LogP contribution in [0.25, 0.3) is 27.8 Å². The highest BCUT2D eigenvalue weighted by molar-refractivity contribution is 5.93. The van der Waals surface area contributed by atoms with Crippen LogP contribution in [0.15, 0.2) is 79.1 Å². The third-order valence-electron chi connectivity index (χ3n) is 4.85. The maximum Gasteiger partial charge on any atom is 0.257 e. The van der Waals surface area contributed by atoms with Crippen LogP contribution in [0.5, 0.6) is 0 Å². The first-order chi connectivity index (χ1) is 13.7. The number of halogens is 1. The van der Waals surface area contributed by atoms with Gasteiger partial charge in [-0.3, -0.25) is 4.40 Å². The lowest BCUT2D eigenvalue weighted by Gasteiger charge is -2.21. The van der Waals surface area contributed by atoms with Gasteiger partial charge in [0.05, 0.1) is 5.52 Å². The van der Waals surface area contributed by atoms with Gasteiger partial charge in [0.25, 0.3) is 5.78 Å². The molecular formula is C22H16FN5. The van der Waals surface area contributed by atoms with E-state index in [9.17, 15) is 4.39 Å². The van der Waals surface area contributed by atoms with Crippen molar-refractivity contribution in [2.24, 2.45) is 0 Å². The molecule has 0 spiro atoms. The molecule has 0 saturated heterocycles. The zero-order chi connectivity index (χ0) is 19.1. The molecule has 5 rings (SSSR count). The van der Waals surface area contributed by atoms with Gasteiger partial charge in [-0.25, -0.2) is 4.39 Å². The van der Waals surface area contributed by atoms with Gasteiger partial charge < -0.3 is 4.90 Å². The highest BCUT2D eigenvalue weighted by atomic mass is 19.1. The molecular weight excluding hydrogens is 353 g/mol. The second-order valence-electron chi connectivity index (χ2n) is 6.57. The van der Waals surface area contributed by atoms with Gasteiger partial charge in [-0.2, -0.15) is 4.98 Å². The summed E-state index contributed by atoms with van der Waals surface area (Å²) in [6.45, 7) is 0. The molecule has 0 aliphatic rings. The largest absolute Gasteiger partial charge is 0.329 e. The first kappa shape index (κ1) is 16.4. The standard InChI is InChI=1S/C22H16FN5/c1-27(18-9-5-7-16(13-18)15-6-4-8-17(23)12-15)21-19-10-2-3-11-20(19)28-14-24-26-22(28)25-21/h2-14H,1H3. The zero-order valence-electron chi connectivity index (χ0n) is 15.1. The fourth-order valence-corrected chi connectivity index (χ4v) is 3.44. The van der Waals surface area contributed by atoms with Crippen molar-refractivity contribution in [1.82, 2.24) is 19.6 Å². The van der Waals surface area contributed by atoms with Crippen molar-refractivity contribution in [1.29, 1.82) is 0 Å². The van der Waals surface area contributed by atoms with E-state index in [-0.39, 0.29) is 5.82 Å². The van der Waals surface area contributed by atoms with Gasteiger partial charge in [-0.15, -0.1) is 10.2 Å². The lowest BCUT2D eigenvalue weighted by Crippen LogP contribution is -2.13. The van der Waals surface area contributed by atoms with Gasteiger partial charge in [-0.05, 0) is 47.5 Å². The van der Waals surface area contributed by atoms with Crippen LogP contribution in [0.2, 0.25) is 0 Å². The van der Waals surface area contributed by atoms with Crippen LogP contribution in [0, 0.1) is 5.82 Å². The molecule has 0 unspecified atom stereocenters. The lowest BCUT2D eigenvalue weighted by atomic mass is 10.0. The fourth-order valence-electron chi connectivity index (χ4n) is 3.44. The normalized spacial score (nSPS) is 11.2. The number of rotatable bonds is 3. The summed E-state index contributed by atoms with van der Waals surface area (Å²) >= 11 is 0. The summed E-state index contributed by atoms with van der Waals surface area (Å²) < 4.78 is 15.5. The van der Waals surface area contributed by atoms with Crippen LogP contribution in [-0.2, 0) is 0 Å². The Bertz CT molecular complexity index is 1310. The summed E-state index contributed by atoms with van der Waals surface area (Å²) in [5, 5.41) is 9.09. The monoisotopic (exact) mass is 369 g/mol. The van der Waals surface area contributed by atoms with Crippen molar-refractivity contribution in [3.63, 3.8) is 0 Å². The molecule has 0 aliphatic heterocycles. The molecule has 0 N–H and O–H groups in total. The van der Waals surface area contributed by atoms with Crippen molar-refractivity contribution in [3.8, 4) is 11.1 Å². The summed E-state index contributed by atoms with van der Waals surface area (Å²) in [7, 11) is 1.96. The molecule has 5 nitrogen and oxygen atoms in total. The second kappa shape index (κ2) is 6.42. The first-order valence-electron chi connectivity index (χ1n) is 8.89. The number of nitrogens with zero attached hydrogens (tertiary/aromatic N) is 5. The minimum Gasteiger partial charge on any atom is -0.329 e. The summed E-state index contributed by atoms with van der Waals surface area (Å²) in [4.78, 5) is 6.73. The molecule has 2 aromatic heterocycles. The highest BCUT2D eigenvalue weighted by Crippen LogP contribution is 2.32. The Morgan fingerprint density at radius 2 is 1.68 bits per heavy atom. The fraction of sp³-hybridized carbons (Fsp3) is 0.0455. The Balaban J connectivity index is 1.65. The second-order valence-corrected chi connectivity index (χ2v) is 6.57. The van der Waals surface area contributed by atoms with Crippen molar-refractivity contribution >= 4 is 28.2 Å². The minimum absolute atomic E-state index is 0.249. The SMILES string of the molecule is CN(c1cccc(-c2cccc(F)c2)c1)c1nc2nncn2c2ccccc12. The minimum atomic E-state index is -0.249. The van der Waals surface area contributed by atoms with Crippen molar-refractivity contribution < 1.29 is 4.39 Å². The summed E-state index contributed by atoms with van der Waals surface area (Å²) in [6, 6.07) is 22.6. The molecule has 0 fully saturated rings. The van der Waals surface area contributed by atoms with Crippen LogP contribution >= 0.6 is 0 Å². The van der Waals surface area contributed by atoms with E-state index in [0.29, 0.717) is 5.78 Å². The summed E-state index contributed by atoms with van der Waals surface area (Å²) in [5.41, 5.74) is 3.71. The van der Waals surface area contributed by atoms with E-state index in [1.54, 1.807) is 12.4 Å². The smallest absolute Gasteiger partial charge is 0.257 e. The molecule has 0 atom stereocenters. The third kappa shape index (κ3) is 2.66. The third-order valence-corrected chi connectivity index (χ3v) is 4.85. The molecule has 3 aromatic carbocycles. The van der Waals surface area contributed by atoms with Crippen LogP contribution in [0.1, 0.15) is 0 Å². The van der Waals surface area contributed by atoms with Gasteiger partial charge in [0.2, 0.25) is 0 Å². The number of benzene rings is 3. The van der Waals surface area contributed by atoms with E-state index in [0.717, 1.165) is 33.5 Å². The van der Waals surface area contributed by atoms with E-state index in [2.05, 4.69) is 10.2 Å². The van der Waals surface area contributed by atoms with Crippen LogP contribution in [-0.4, -0.2) is 26.6 Å². The van der Waals surface area contributed by atoms with E-state index >= 15 is 0 Å². The maximum absolute atomic E-state index is 13.6. The van der Waals surface area contributed by atoms with Crippen molar-refractivity contribution in [2.75, 3.05) is 11.9 Å². The molecule has 2 heterocycles. The molecule has 5 aromatic rings. The lowest BCUT2D eigenvalue weighted by molar-refractivity contribution is 0.628. The number of anilines is 2. The predicted octanol–water partition coefficient (Wildman–Crippen LogP) is 4.85. The number of hydrogen-bond donors (Lipinski definition) is 0. The van der Waals surface area contributed by atoms with Gasteiger partial charge in [0.15, 0.2) is 0 Å². The summed E-state index contributed by atoms with van der Waals surface area (Å²) in [6.07, 6.45) is 1.67. The van der Waals surface area contributed by atoms with Gasteiger partial charge >= 0.3 is 0 Å². The number of hydrogen-bond acceptors (Lipinski definition) is 4. The van der Waals surface area contributed by atoms with Crippen LogP contribution < -0.4 is 4.90 Å². The molecule has 0 bridgehead atoms.